The van der Waals surface area contributed by atoms with Gasteiger partial charge in [-0.15, -0.1) is 0 Å². The number of hydrogen-bond acceptors (Lipinski definition) is 3. The highest BCUT2D eigenvalue weighted by Gasteiger charge is 2.55. The van der Waals surface area contributed by atoms with E-state index in [2.05, 4.69) is 18.9 Å². The van der Waals surface area contributed by atoms with Crippen LogP contribution in [0.2, 0.25) is 0 Å². The molecule has 0 amide bonds. The molecule has 29 heavy (non-hydrogen) atoms. The number of fused-ring (bicyclic) bond motifs is 5. The molecule has 4 fully saturated rings. The van der Waals surface area contributed by atoms with Gasteiger partial charge in [-0.1, -0.05) is 6.92 Å². The Morgan fingerprint density at radius 1 is 1.03 bits per heavy atom. The fraction of sp³-hybridized carbons (Fsp3) is 0.840. The number of hydrogen-bond donors (Lipinski definition) is 1. The van der Waals surface area contributed by atoms with Gasteiger partial charge in [0.15, 0.2) is 5.78 Å². The van der Waals surface area contributed by atoms with Crippen LogP contribution in [0.15, 0.2) is 18.5 Å². The molecule has 0 aromatic carbocycles. The minimum absolute atomic E-state index is 0.220. The van der Waals surface area contributed by atoms with Crippen molar-refractivity contribution in [2.75, 3.05) is 0 Å². The molecule has 1 N–H and O–H groups in total. The van der Waals surface area contributed by atoms with Crippen LogP contribution in [-0.4, -0.2) is 26.3 Å². The largest absolute Gasteiger partial charge is 0.390 e. The lowest BCUT2D eigenvalue weighted by Crippen LogP contribution is -2.52. The zero-order valence-corrected chi connectivity index (χ0v) is 18.2. The fourth-order valence-electron chi connectivity index (χ4n) is 8.30. The number of ketones is 1. The Labute approximate surface area is 175 Å². The van der Waals surface area contributed by atoms with E-state index in [4.69, 9.17) is 0 Å². The number of carbonyl (C=O) groups excluding carboxylic acids is 1. The lowest BCUT2D eigenvalue weighted by molar-refractivity contribution is -0.135. The minimum Gasteiger partial charge on any atom is -0.390 e. The lowest BCUT2D eigenvalue weighted by atomic mass is 9.46. The number of Topliss-reactive ketones (excluding diaryl/α,β-unsaturated/α-hetero) is 1. The van der Waals surface area contributed by atoms with Crippen molar-refractivity contribution in [3.63, 3.8) is 0 Å². The summed E-state index contributed by atoms with van der Waals surface area (Å²) in [7, 11) is 0. The smallest absolute Gasteiger partial charge is 0.157 e. The first-order chi connectivity index (χ1) is 13.8. The van der Waals surface area contributed by atoms with Crippen LogP contribution in [0.5, 0.6) is 0 Å². The van der Waals surface area contributed by atoms with E-state index >= 15 is 0 Å². The summed E-state index contributed by atoms with van der Waals surface area (Å²) in [6.07, 6.45) is 15.6. The Kier molecular flexibility index (Phi) is 4.92. The molecule has 0 saturated heterocycles. The Bertz CT molecular complexity index is 742. The maximum Gasteiger partial charge on any atom is 0.157 e. The first kappa shape index (κ1) is 19.8. The van der Waals surface area contributed by atoms with Gasteiger partial charge in [0.2, 0.25) is 0 Å². The molecule has 0 bridgehead atoms. The standard InChI is InChI=1S/C25H38N2O2/c1-24-10-8-20-19-9-11-25(2,29)15-17(19)4-6-21(20)22(24)7-5-18(14-24)23(28)16-27-13-3-12-26-27/h3,12-13,17-22,29H,4-11,14-16H2,1-2H3/t17-,18+,19+,20?,21?,22?,24-,25-/m1/s1. The second kappa shape index (κ2) is 7.21. The second-order valence-electron chi connectivity index (χ2n) is 11.5. The monoisotopic (exact) mass is 398 g/mol. The number of aliphatic hydroxyl groups is 1. The first-order valence-electron chi connectivity index (χ1n) is 12.1. The molecule has 160 valence electrons. The highest BCUT2D eigenvalue weighted by Crippen LogP contribution is 2.62. The van der Waals surface area contributed by atoms with Gasteiger partial charge >= 0.3 is 0 Å². The summed E-state index contributed by atoms with van der Waals surface area (Å²) in [6, 6.07) is 1.90. The summed E-state index contributed by atoms with van der Waals surface area (Å²) < 4.78 is 1.78. The van der Waals surface area contributed by atoms with E-state index < -0.39 is 5.60 Å². The molecule has 4 saturated carbocycles. The number of rotatable bonds is 3. The molecule has 1 heterocycles. The molecule has 3 unspecified atom stereocenters. The van der Waals surface area contributed by atoms with Crippen molar-refractivity contribution >= 4 is 5.78 Å². The zero-order chi connectivity index (χ0) is 20.2. The molecule has 1 aromatic rings. The summed E-state index contributed by atoms with van der Waals surface area (Å²) in [5.74, 6) is 4.73. The highest BCUT2D eigenvalue weighted by atomic mass is 16.3. The maximum absolute atomic E-state index is 12.9. The van der Waals surface area contributed by atoms with Gasteiger partial charge in [0.25, 0.3) is 0 Å². The van der Waals surface area contributed by atoms with Gasteiger partial charge in [0.1, 0.15) is 0 Å². The molecule has 0 aliphatic heterocycles. The third kappa shape index (κ3) is 3.60. The van der Waals surface area contributed by atoms with Crippen LogP contribution in [0.4, 0.5) is 0 Å². The summed E-state index contributed by atoms with van der Waals surface area (Å²) in [5.41, 5.74) is -0.0823. The van der Waals surface area contributed by atoms with Crippen molar-refractivity contribution in [2.24, 2.45) is 40.9 Å². The van der Waals surface area contributed by atoms with E-state index in [1.54, 1.807) is 10.9 Å². The van der Waals surface area contributed by atoms with Crippen LogP contribution in [0.1, 0.15) is 78.1 Å². The molecule has 4 aliphatic carbocycles. The Morgan fingerprint density at radius 2 is 1.86 bits per heavy atom. The number of nitrogens with zero attached hydrogens (tertiary/aromatic N) is 2. The molecular formula is C25H38N2O2. The van der Waals surface area contributed by atoms with Gasteiger partial charge in [-0.3, -0.25) is 9.48 Å². The summed E-state index contributed by atoms with van der Waals surface area (Å²) >= 11 is 0. The molecule has 4 nitrogen and oxygen atoms in total. The van der Waals surface area contributed by atoms with E-state index in [9.17, 15) is 9.90 Å². The van der Waals surface area contributed by atoms with Gasteiger partial charge in [-0.25, -0.2) is 0 Å². The Hall–Kier alpha value is -1.16. The van der Waals surface area contributed by atoms with E-state index in [0.717, 1.165) is 55.3 Å². The molecule has 0 spiro atoms. The lowest BCUT2D eigenvalue weighted by Gasteiger charge is -2.59. The SMILES string of the molecule is C[C@@]1(O)CC[C@@H]2C3CC[C@]4(C)C[C@@H](C(=O)Cn5cccn5)CCC4C3CC[C@@H]2C1. The van der Waals surface area contributed by atoms with Crippen LogP contribution >= 0.6 is 0 Å². The van der Waals surface area contributed by atoms with E-state index in [1.165, 1.54) is 38.5 Å². The van der Waals surface area contributed by atoms with Crippen molar-refractivity contribution in [1.82, 2.24) is 9.78 Å². The molecule has 5 rings (SSSR count). The second-order valence-corrected chi connectivity index (χ2v) is 11.5. The van der Waals surface area contributed by atoms with Crippen molar-refractivity contribution in [2.45, 2.75) is 90.2 Å². The van der Waals surface area contributed by atoms with E-state index in [1.807, 2.05) is 12.3 Å². The number of carbonyl (C=O) groups is 1. The fourth-order valence-corrected chi connectivity index (χ4v) is 8.30. The van der Waals surface area contributed by atoms with E-state index in [0.29, 0.717) is 17.7 Å². The molecule has 1 aromatic heterocycles. The average molecular weight is 399 g/mol. The van der Waals surface area contributed by atoms with Gasteiger partial charge in [0, 0.05) is 18.3 Å². The van der Waals surface area contributed by atoms with Gasteiger partial charge < -0.3 is 5.11 Å². The third-order valence-corrected chi connectivity index (χ3v) is 9.63. The normalized spacial score (nSPS) is 47.0. The van der Waals surface area contributed by atoms with Gasteiger partial charge in [-0.2, -0.15) is 5.10 Å². The summed E-state index contributed by atoms with van der Waals surface area (Å²) in [4.78, 5) is 12.9. The van der Waals surface area contributed by atoms with Crippen LogP contribution in [0, 0.1) is 40.9 Å². The van der Waals surface area contributed by atoms with Crippen LogP contribution < -0.4 is 0 Å². The summed E-state index contributed by atoms with van der Waals surface area (Å²) in [5, 5.41) is 14.8. The molecule has 0 radical (unpaired) electrons. The predicted octanol–water partition coefficient (Wildman–Crippen LogP) is 4.86. The molecule has 4 aliphatic rings. The summed E-state index contributed by atoms with van der Waals surface area (Å²) in [6.45, 7) is 4.99. The minimum atomic E-state index is -0.426. The zero-order valence-electron chi connectivity index (χ0n) is 18.2. The maximum atomic E-state index is 12.9. The van der Waals surface area contributed by atoms with Crippen molar-refractivity contribution in [3.8, 4) is 0 Å². The van der Waals surface area contributed by atoms with E-state index in [-0.39, 0.29) is 5.92 Å². The van der Waals surface area contributed by atoms with Crippen LogP contribution in [0.3, 0.4) is 0 Å². The van der Waals surface area contributed by atoms with Crippen molar-refractivity contribution < 1.29 is 9.90 Å². The highest BCUT2D eigenvalue weighted by molar-refractivity contribution is 5.80. The molecule has 4 heteroatoms. The predicted molar refractivity (Wildman–Crippen MR) is 113 cm³/mol. The van der Waals surface area contributed by atoms with Crippen molar-refractivity contribution in [1.29, 1.82) is 0 Å². The van der Waals surface area contributed by atoms with Crippen LogP contribution in [-0.2, 0) is 11.3 Å². The third-order valence-electron chi connectivity index (χ3n) is 9.63. The van der Waals surface area contributed by atoms with Gasteiger partial charge in [0.05, 0.1) is 12.1 Å². The first-order valence-corrected chi connectivity index (χ1v) is 12.1. The van der Waals surface area contributed by atoms with Crippen LogP contribution in [0.25, 0.3) is 0 Å². The molecule has 8 atom stereocenters. The topological polar surface area (TPSA) is 55.1 Å². The molecular weight excluding hydrogens is 360 g/mol. The van der Waals surface area contributed by atoms with Gasteiger partial charge in [-0.05, 0) is 112 Å². The average Bonchev–Trinajstić information content (AvgIpc) is 3.18. The Morgan fingerprint density at radius 3 is 2.66 bits per heavy atom. The quantitative estimate of drug-likeness (QED) is 0.791. The number of aromatic nitrogens is 2. The Balaban J connectivity index is 1.27. The van der Waals surface area contributed by atoms with Crippen molar-refractivity contribution in [3.05, 3.63) is 18.5 Å².